The molecular weight excluding hydrogens is 184 g/mol. The van der Waals surface area contributed by atoms with E-state index in [1.165, 1.54) is 51.9 Å². The Hall–Kier alpha value is -0.0800. The monoisotopic (exact) mass is 208 g/mol. The van der Waals surface area contributed by atoms with Crippen molar-refractivity contribution in [1.29, 1.82) is 0 Å². The van der Waals surface area contributed by atoms with Crippen molar-refractivity contribution >= 4 is 0 Å². The Balaban J connectivity index is 1.57. The third kappa shape index (κ3) is 1.94. The van der Waals surface area contributed by atoms with Crippen LogP contribution in [-0.2, 0) is 0 Å². The number of nitrogens with zero attached hydrogens (tertiary/aromatic N) is 1. The van der Waals surface area contributed by atoms with Gasteiger partial charge in [0.1, 0.15) is 0 Å². The topological polar surface area (TPSA) is 15.3 Å². The number of hydrogen-bond acceptors (Lipinski definition) is 2. The van der Waals surface area contributed by atoms with Crippen molar-refractivity contribution in [2.24, 2.45) is 17.8 Å². The Morgan fingerprint density at radius 1 is 1.27 bits per heavy atom. The predicted octanol–water partition coefficient (Wildman–Crippen LogP) is 1.72. The summed E-state index contributed by atoms with van der Waals surface area (Å²) in [5.41, 5.74) is 0. The summed E-state index contributed by atoms with van der Waals surface area (Å²) in [6.07, 6.45) is 5.86. The molecule has 15 heavy (non-hydrogen) atoms. The van der Waals surface area contributed by atoms with Crippen molar-refractivity contribution in [1.82, 2.24) is 10.2 Å². The first-order valence-corrected chi connectivity index (χ1v) is 6.83. The summed E-state index contributed by atoms with van der Waals surface area (Å²) < 4.78 is 0. The normalized spacial score (nSPS) is 41.0. The average molecular weight is 208 g/mol. The second kappa shape index (κ2) is 4.06. The number of nitrogens with one attached hydrogen (secondary N) is 1. The van der Waals surface area contributed by atoms with Gasteiger partial charge in [-0.15, -0.1) is 0 Å². The molecule has 0 aromatic heterocycles. The lowest BCUT2D eigenvalue weighted by molar-refractivity contribution is 0.212. The highest BCUT2D eigenvalue weighted by Crippen LogP contribution is 2.37. The molecule has 0 aromatic rings. The van der Waals surface area contributed by atoms with Gasteiger partial charge in [-0.25, -0.2) is 0 Å². The number of hydrogen-bond donors (Lipinski definition) is 1. The summed E-state index contributed by atoms with van der Waals surface area (Å²) in [7, 11) is 0. The summed E-state index contributed by atoms with van der Waals surface area (Å²) >= 11 is 0. The average Bonchev–Trinajstić information content (AvgIpc) is 2.85. The molecule has 1 N–H and O–H groups in total. The van der Waals surface area contributed by atoms with E-state index in [2.05, 4.69) is 17.1 Å². The molecule has 3 rings (SSSR count). The third-order valence-corrected chi connectivity index (χ3v) is 4.76. The fraction of sp³-hybridized carbons (Fsp3) is 1.00. The van der Waals surface area contributed by atoms with E-state index in [0.29, 0.717) is 0 Å². The predicted molar refractivity (Wildman–Crippen MR) is 62.8 cm³/mol. The fourth-order valence-electron chi connectivity index (χ4n) is 3.68. The molecule has 2 saturated heterocycles. The summed E-state index contributed by atoms with van der Waals surface area (Å²) in [5, 5.41) is 3.56. The van der Waals surface area contributed by atoms with Crippen LogP contribution in [0.3, 0.4) is 0 Å². The fourth-order valence-corrected chi connectivity index (χ4v) is 3.68. The Morgan fingerprint density at radius 3 is 2.87 bits per heavy atom. The minimum absolute atomic E-state index is 0.892. The van der Waals surface area contributed by atoms with Gasteiger partial charge in [0.2, 0.25) is 0 Å². The minimum atomic E-state index is 0.892. The van der Waals surface area contributed by atoms with Crippen molar-refractivity contribution in [3.63, 3.8) is 0 Å². The molecule has 3 aliphatic rings. The third-order valence-electron chi connectivity index (χ3n) is 4.76. The molecule has 0 aromatic carbocycles. The molecule has 3 fully saturated rings. The van der Waals surface area contributed by atoms with Crippen LogP contribution in [0.4, 0.5) is 0 Å². The van der Waals surface area contributed by atoms with Crippen LogP contribution >= 0.6 is 0 Å². The van der Waals surface area contributed by atoms with Crippen molar-refractivity contribution in [3.8, 4) is 0 Å². The number of fused-ring (bicyclic) bond motifs is 1. The van der Waals surface area contributed by atoms with Crippen molar-refractivity contribution in [2.45, 2.75) is 38.6 Å². The molecule has 2 heteroatoms. The maximum atomic E-state index is 3.56. The Labute approximate surface area is 93.4 Å². The van der Waals surface area contributed by atoms with E-state index in [4.69, 9.17) is 0 Å². The van der Waals surface area contributed by atoms with Crippen molar-refractivity contribution in [2.75, 3.05) is 26.2 Å². The quantitative estimate of drug-likeness (QED) is 0.757. The molecule has 0 amide bonds. The maximum Gasteiger partial charge on any atom is 0.0137 e. The molecule has 2 aliphatic heterocycles. The van der Waals surface area contributed by atoms with Crippen LogP contribution in [-0.4, -0.2) is 37.1 Å². The second-order valence-corrected chi connectivity index (χ2v) is 5.78. The van der Waals surface area contributed by atoms with E-state index in [0.717, 1.165) is 23.8 Å². The molecule has 3 atom stereocenters. The van der Waals surface area contributed by atoms with Crippen LogP contribution < -0.4 is 5.32 Å². The molecule has 1 aliphatic carbocycles. The summed E-state index contributed by atoms with van der Waals surface area (Å²) in [4.78, 5) is 2.80. The van der Waals surface area contributed by atoms with Crippen LogP contribution in [0.5, 0.6) is 0 Å². The SMILES string of the molecule is CCC1C2CNCC2CN1CCC1CC1. The first-order valence-electron chi connectivity index (χ1n) is 6.83. The highest BCUT2D eigenvalue weighted by Gasteiger charge is 2.42. The van der Waals surface area contributed by atoms with Gasteiger partial charge in [0, 0.05) is 12.6 Å². The lowest BCUT2D eigenvalue weighted by Crippen LogP contribution is -2.35. The lowest BCUT2D eigenvalue weighted by atomic mass is 9.93. The maximum absolute atomic E-state index is 3.56. The Bertz CT molecular complexity index is 225. The summed E-state index contributed by atoms with van der Waals surface area (Å²) in [5.74, 6) is 3.03. The molecule has 86 valence electrons. The lowest BCUT2D eigenvalue weighted by Gasteiger charge is -2.26. The van der Waals surface area contributed by atoms with Crippen LogP contribution in [0.1, 0.15) is 32.6 Å². The number of rotatable bonds is 4. The van der Waals surface area contributed by atoms with Crippen LogP contribution in [0, 0.1) is 17.8 Å². The second-order valence-electron chi connectivity index (χ2n) is 5.78. The molecule has 2 heterocycles. The van der Waals surface area contributed by atoms with Gasteiger partial charge in [0.25, 0.3) is 0 Å². The van der Waals surface area contributed by atoms with Gasteiger partial charge in [-0.2, -0.15) is 0 Å². The molecule has 1 saturated carbocycles. The largest absolute Gasteiger partial charge is 0.316 e. The highest BCUT2D eigenvalue weighted by molar-refractivity contribution is 4.98. The molecule has 0 spiro atoms. The van der Waals surface area contributed by atoms with Gasteiger partial charge in [-0.05, 0) is 50.2 Å². The van der Waals surface area contributed by atoms with E-state index in [9.17, 15) is 0 Å². The van der Waals surface area contributed by atoms with Gasteiger partial charge >= 0.3 is 0 Å². The number of likely N-dealkylation sites (tertiary alicyclic amines) is 1. The molecule has 2 nitrogen and oxygen atoms in total. The van der Waals surface area contributed by atoms with Gasteiger partial charge in [0.05, 0.1) is 0 Å². The Morgan fingerprint density at radius 2 is 2.13 bits per heavy atom. The highest BCUT2D eigenvalue weighted by atomic mass is 15.2. The zero-order chi connectivity index (χ0) is 10.3. The van der Waals surface area contributed by atoms with Gasteiger partial charge in [-0.3, -0.25) is 4.90 Å². The first kappa shape index (κ1) is 10.1. The van der Waals surface area contributed by atoms with E-state index in [1.54, 1.807) is 0 Å². The van der Waals surface area contributed by atoms with E-state index in [1.807, 2.05) is 0 Å². The van der Waals surface area contributed by atoms with Gasteiger partial charge in [0.15, 0.2) is 0 Å². The van der Waals surface area contributed by atoms with Gasteiger partial charge < -0.3 is 5.32 Å². The molecular formula is C13H24N2. The minimum Gasteiger partial charge on any atom is -0.316 e. The van der Waals surface area contributed by atoms with Crippen LogP contribution in [0.25, 0.3) is 0 Å². The van der Waals surface area contributed by atoms with Crippen LogP contribution in [0.2, 0.25) is 0 Å². The zero-order valence-corrected chi connectivity index (χ0v) is 9.91. The van der Waals surface area contributed by atoms with Crippen LogP contribution in [0.15, 0.2) is 0 Å². The molecule has 0 bridgehead atoms. The Kier molecular flexibility index (Phi) is 2.73. The van der Waals surface area contributed by atoms with E-state index < -0.39 is 0 Å². The summed E-state index contributed by atoms with van der Waals surface area (Å²) in [6.45, 7) is 7.69. The van der Waals surface area contributed by atoms with Crippen molar-refractivity contribution < 1.29 is 0 Å². The first-order chi connectivity index (χ1) is 7.38. The summed E-state index contributed by atoms with van der Waals surface area (Å²) in [6, 6.07) is 0.892. The van der Waals surface area contributed by atoms with E-state index >= 15 is 0 Å². The van der Waals surface area contributed by atoms with Gasteiger partial charge in [-0.1, -0.05) is 19.8 Å². The van der Waals surface area contributed by atoms with E-state index in [-0.39, 0.29) is 0 Å². The zero-order valence-electron chi connectivity index (χ0n) is 9.91. The van der Waals surface area contributed by atoms with Crippen molar-refractivity contribution in [3.05, 3.63) is 0 Å². The smallest absolute Gasteiger partial charge is 0.0137 e. The molecule has 0 radical (unpaired) electrons. The standard InChI is InChI=1S/C13H24N2/c1-2-13-12-8-14-7-11(12)9-15(13)6-5-10-3-4-10/h10-14H,2-9H2,1H3. The molecule has 3 unspecified atom stereocenters.